The Hall–Kier alpha value is -1.83. The first-order chi connectivity index (χ1) is 7.33. The van der Waals surface area contributed by atoms with E-state index in [1.54, 1.807) is 18.2 Å². The Morgan fingerprint density at radius 3 is 2.67 bits per heavy atom. The van der Waals surface area contributed by atoms with Crippen LogP contribution in [-0.4, -0.2) is 17.8 Å². The van der Waals surface area contributed by atoms with Crippen LogP contribution in [0.15, 0.2) is 30.3 Å². The second-order valence-corrected chi connectivity index (χ2v) is 3.21. The summed E-state index contributed by atoms with van der Waals surface area (Å²) in [5.41, 5.74) is 5.11. The first-order valence-electron chi connectivity index (χ1n) is 4.58. The predicted octanol–water partition coefficient (Wildman–Crippen LogP) is 0.795. The maximum atomic E-state index is 8.86. The van der Waals surface area contributed by atoms with Crippen LogP contribution < -0.4 is 5.48 Å². The summed E-state index contributed by atoms with van der Waals surface area (Å²) < 4.78 is 0. The van der Waals surface area contributed by atoms with Crippen LogP contribution in [0.1, 0.15) is 11.1 Å². The van der Waals surface area contributed by atoms with Gasteiger partial charge in [0.05, 0.1) is 23.9 Å². The zero-order valence-electron chi connectivity index (χ0n) is 7.97. The lowest BCUT2D eigenvalue weighted by Gasteiger charge is -2.03. The van der Waals surface area contributed by atoms with Crippen molar-refractivity contribution in [2.75, 3.05) is 6.61 Å². The van der Waals surface area contributed by atoms with E-state index in [0.717, 1.165) is 11.3 Å². The summed E-state index contributed by atoms with van der Waals surface area (Å²) in [4.78, 5) is 5.07. The third-order valence-electron chi connectivity index (χ3n) is 2.18. The molecule has 2 N–H and O–H groups in total. The van der Waals surface area contributed by atoms with Gasteiger partial charge in [-0.1, -0.05) is 12.1 Å². The molecule has 4 nitrogen and oxygen atoms in total. The van der Waals surface area contributed by atoms with Crippen molar-refractivity contribution in [2.24, 2.45) is 0 Å². The number of hydrogen-bond donors (Lipinski definition) is 2. The van der Waals surface area contributed by atoms with Gasteiger partial charge in [-0.3, -0.25) is 10.3 Å². The molecule has 1 atom stereocenters. The fourth-order valence-corrected chi connectivity index (χ4v) is 1.36. The molecule has 1 aromatic rings. The van der Waals surface area contributed by atoms with Crippen molar-refractivity contribution < 1.29 is 9.94 Å². The molecule has 2 rings (SSSR count). The normalized spacial score (nSPS) is 19.2. The molecule has 1 heterocycles. The van der Waals surface area contributed by atoms with Crippen LogP contribution in [0.3, 0.4) is 0 Å². The predicted molar refractivity (Wildman–Crippen MR) is 54.2 cm³/mol. The molecule has 76 valence electrons. The highest BCUT2D eigenvalue weighted by molar-refractivity contribution is 5.65. The molecule has 1 aromatic carbocycles. The molecule has 0 bridgehead atoms. The Morgan fingerprint density at radius 1 is 1.40 bits per heavy atom. The van der Waals surface area contributed by atoms with Gasteiger partial charge in [0, 0.05) is 0 Å². The first kappa shape index (κ1) is 9.71. The van der Waals surface area contributed by atoms with Crippen molar-refractivity contribution >= 4 is 5.70 Å². The highest BCUT2D eigenvalue weighted by atomic mass is 16.7. The van der Waals surface area contributed by atoms with Gasteiger partial charge in [-0.15, -0.1) is 0 Å². The lowest BCUT2D eigenvalue weighted by atomic mass is 10.1. The molecular weight excluding hydrogens is 192 g/mol. The van der Waals surface area contributed by atoms with E-state index in [1.807, 2.05) is 12.1 Å². The van der Waals surface area contributed by atoms with Crippen molar-refractivity contribution in [2.45, 2.75) is 6.10 Å². The standard InChI is InChI=1S/C11H10N2O2/c12-6-8-1-3-9(4-2-8)11-5-10(7-14)15-13-11/h1-5,10,13-14H,7H2. The molecule has 0 fully saturated rings. The molecule has 0 saturated heterocycles. The van der Waals surface area contributed by atoms with Crippen molar-refractivity contribution in [3.63, 3.8) is 0 Å². The van der Waals surface area contributed by atoms with Gasteiger partial charge < -0.3 is 5.11 Å². The molecule has 0 amide bonds. The average molecular weight is 202 g/mol. The summed E-state index contributed by atoms with van der Waals surface area (Å²) in [6.45, 7) is -0.0488. The number of nitrogens with one attached hydrogen (secondary N) is 1. The fourth-order valence-electron chi connectivity index (χ4n) is 1.36. The molecule has 0 spiro atoms. The van der Waals surface area contributed by atoms with Gasteiger partial charge in [0.2, 0.25) is 0 Å². The molecule has 1 aliphatic heterocycles. The smallest absolute Gasteiger partial charge is 0.129 e. The van der Waals surface area contributed by atoms with Gasteiger partial charge in [-0.25, -0.2) is 0 Å². The van der Waals surface area contributed by atoms with Crippen LogP contribution in [0.25, 0.3) is 5.70 Å². The summed E-state index contributed by atoms with van der Waals surface area (Å²) in [7, 11) is 0. The number of benzene rings is 1. The summed E-state index contributed by atoms with van der Waals surface area (Å²) in [6.07, 6.45) is 1.51. The maximum absolute atomic E-state index is 8.86. The summed E-state index contributed by atoms with van der Waals surface area (Å²) in [5, 5.41) is 17.5. The van der Waals surface area contributed by atoms with Crippen molar-refractivity contribution in [1.82, 2.24) is 5.48 Å². The second kappa shape index (κ2) is 4.13. The fraction of sp³-hybridized carbons (Fsp3) is 0.182. The molecule has 0 saturated carbocycles. The number of aliphatic hydroxyl groups excluding tert-OH is 1. The molecule has 0 radical (unpaired) electrons. The summed E-state index contributed by atoms with van der Waals surface area (Å²) >= 11 is 0. The van der Waals surface area contributed by atoms with E-state index in [9.17, 15) is 0 Å². The number of rotatable bonds is 2. The number of aliphatic hydroxyl groups is 1. The number of nitrogens with zero attached hydrogens (tertiary/aromatic N) is 1. The third kappa shape index (κ3) is 1.99. The lowest BCUT2D eigenvalue weighted by molar-refractivity contribution is 0.0173. The Bertz CT molecular complexity index is 417. The number of nitriles is 1. The molecule has 4 heteroatoms. The Labute approximate surface area is 87.4 Å². The summed E-state index contributed by atoms with van der Waals surface area (Å²) in [6, 6.07) is 9.20. The summed E-state index contributed by atoms with van der Waals surface area (Å²) in [5.74, 6) is 0. The van der Waals surface area contributed by atoms with E-state index in [2.05, 4.69) is 11.5 Å². The molecular formula is C11H10N2O2. The van der Waals surface area contributed by atoms with E-state index in [1.165, 1.54) is 0 Å². The van der Waals surface area contributed by atoms with Gasteiger partial charge in [0.25, 0.3) is 0 Å². The van der Waals surface area contributed by atoms with Crippen LogP contribution in [0.2, 0.25) is 0 Å². The first-order valence-corrected chi connectivity index (χ1v) is 4.58. The van der Waals surface area contributed by atoms with E-state index >= 15 is 0 Å². The van der Waals surface area contributed by atoms with Gasteiger partial charge in [0.15, 0.2) is 0 Å². The molecule has 1 unspecified atom stereocenters. The van der Waals surface area contributed by atoms with Crippen molar-refractivity contribution in [3.8, 4) is 6.07 Å². The van der Waals surface area contributed by atoms with E-state index < -0.39 is 0 Å². The molecule has 0 aliphatic carbocycles. The van der Waals surface area contributed by atoms with Crippen molar-refractivity contribution in [3.05, 3.63) is 41.5 Å². The van der Waals surface area contributed by atoms with Crippen LogP contribution in [0.4, 0.5) is 0 Å². The topological polar surface area (TPSA) is 65.3 Å². The largest absolute Gasteiger partial charge is 0.393 e. The van der Waals surface area contributed by atoms with Crippen molar-refractivity contribution in [1.29, 1.82) is 5.26 Å². The van der Waals surface area contributed by atoms with Gasteiger partial charge in [-0.2, -0.15) is 5.26 Å². The highest BCUT2D eigenvalue weighted by Gasteiger charge is 2.15. The molecule has 15 heavy (non-hydrogen) atoms. The third-order valence-corrected chi connectivity index (χ3v) is 2.18. The molecule has 1 aliphatic rings. The van der Waals surface area contributed by atoms with E-state index in [0.29, 0.717) is 5.56 Å². The minimum atomic E-state index is -0.296. The lowest BCUT2D eigenvalue weighted by Crippen LogP contribution is -2.15. The SMILES string of the molecule is N#Cc1ccc(C2=CC(CO)ON2)cc1. The van der Waals surface area contributed by atoms with E-state index in [4.69, 9.17) is 15.2 Å². The second-order valence-electron chi connectivity index (χ2n) is 3.21. The zero-order valence-corrected chi connectivity index (χ0v) is 7.97. The maximum Gasteiger partial charge on any atom is 0.129 e. The number of hydroxylamine groups is 1. The van der Waals surface area contributed by atoms with Crippen LogP contribution in [0, 0.1) is 11.3 Å². The quantitative estimate of drug-likeness (QED) is 0.744. The van der Waals surface area contributed by atoms with Crippen LogP contribution in [-0.2, 0) is 4.84 Å². The van der Waals surface area contributed by atoms with Gasteiger partial charge in [0.1, 0.15) is 6.10 Å². The minimum Gasteiger partial charge on any atom is -0.393 e. The van der Waals surface area contributed by atoms with Crippen LogP contribution >= 0.6 is 0 Å². The Morgan fingerprint density at radius 2 is 2.13 bits per heavy atom. The molecule has 0 aromatic heterocycles. The Balaban J connectivity index is 2.21. The monoisotopic (exact) mass is 202 g/mol. The van der Waals surface area contributed by atoms with E-state index in [-0.39, 0.29) is 12.7 Å². The van der Waals surface area contributed by atoms with Gasteiger partial charge in [-0.05, 0) is 23.8 Å². The zero-order chi connectivity index (χ0) is 10.7. The Kier molecular flexibility index (Phi) is 2.68. The number of hydrogen-bond acceptors (Lipinski definition) is 4. The highest BCUT2D eigenvalue weighted by Crippen LogP contribution is 2.18. The minimum absolute atomic E-state index is 0.0488. The average Bonchev–Trinajstić information content (AvgIpc) is 2.78. The van der Waals surface area contributed by atoms with Crippen LogP contribution in [0.5, 0.6) is 0 Å². The van der Waals surface area contributed by atoms with Gasteiger partial charge >= 0.3 is 0 Å².